The lowest BCUT2D eigenvalue weighted by molar-refractivity contribution is -0.184. The number of rotatable bonds is 12. The third-order valence-electron chi connectivity index (χ3n) is 7.53. The molecule has 212 valence electrons. The molecule has 1 aromatic heterocycles. The number of Topliss-reactive ketones (excluding diaryl/α,β-unsaturated/α-hetero) is 1. The third-order valence-corrected chi connectivity index (χ3v) is 7.53. The number of hydrogen-bond donors (Lipinski definition) is 0. The SMILES string of the molecule is C=C(/C=C(\OC)C1(C(F)(F)F)CC1)CC(=O)Cc1ccc(-c2cnc3cc(CCCCC)c(C)cc3n2)cc1F. The van der Waals surface area contributed by atoms with Crippen LogP contribution in [0.25, 0.3) is 22.3 Å². The lowest BCUT2D eigenvalue weighted by Gasteiger charge is -2.21. The van der Waals surface area contributed by atoms with Gasteiger partial charge in [0.2, 0.25) is 0 Å². The molecule has 1 fully saturated rings. The number of fused-ring (bicyclic) bond motifs is 1. The van der Waals surface area contributed by atoms with Crippen LogP contribution in [0.5, 0.6) is 0 Å². The molecule has 0 bridgehead atoms. The highest BCUT2D eigenvalue weighted by Gasteiger charge is 2.66. The van der Waals surface area contributed by atoms with Crippen LogP contribution in [-0.2, 0) is 22.4 Å². The summed E-state index contributed by atoms with van der Waals surface area (Å²) in [5.41, 5.74) is 3.35. The zero-order chi connectivity index (χ0) is 29.1. The van der Waals surface area contributed by atoms with Crippen LogP contribution in [0.3, 0.4) is 0 Å². The number of halogens is 4. The number of hydrogen-bond acceptors (Lipinski definition) is 4. The van der Waals surface area contributed by atoms with E-state index in [1.165, 1.54) is 37.3 Å². The molecule has 1 saturated carbocycles. The van der Waals surface area contributed by atoms with E-state index in [1.807, 2.05) is 6.07 Å². The third kappa shape index (κ3) is 6.43. The Labute approximate surface area is 232 Å². The van der Waals surface area contributed by atoms with Crippen molar-refractivity contribution in [3.63, 3.8) is 0 Å². The summed E-state index contributed by atoms with van der Waals surface area (Å²) < 4.78 is 60.3. The normalized spacial score (nSPS) is 14.8. The van der Waals surface area contributed by atoms with E-state index >= 15 is 0 Å². The highest BCUT2D eigenvalue weighted by molar-refractivity contribution is 5.84. The Morgan fingerprint density at radius 1 is 1.12 bits per heavy atom. The van der Waals surface area contributed by atoms with Crippen molar-refractivity contribution in [1.29, 1.82) is 0 Å². The maximum Gasteiger partial charge on any atom is 0.401 e. The van der Waals surface area contributed by atoms with Crippen LogP contribution in [0.15, 0.2) is 60.5 Å². The van der Waals surface area contributed by atoms with Gasteiger partial charge in [-0.3, -0.25) is 9.78 Å². The van der Waals surface area contributed by atoms with Crippen molar-refractivity contribution in [2.24, 2.45) is 5.41 Å². The van der Waals surface area contributed by atoms with Crippen molar-refractivity contribution in [3.8, 4) is 11.3 Å². The zero-order valence-electron chi connectivity index (χ0n) is 23.1. The largest absolute Gasteiger partial charge is 0.500 e. The Hall–Kier alpha value is -3.55. The average Bonchev–Trinajstić information content (AvgIpc) is 3.71. The molecule has 0 amide bonds. The molecule has 2 aromatic carbocycles. The quantitative estimate of drug-likeness (QED) is 0.0976. The van der Waals surface area contributed by atoms with Gasteiger partial charge in [-0.1, -0.05) is 38.5 Å². The van der Waals surface area contributed by atoms with Crippen molar-refractivity contribution in [1.82, 2.24) is 9.97 Å². The van der Waals surface area contributed by atoms with Gasteiger partial charge in [-0.25, -0.2) is 9.37 Å². The number of allylic oxidation sites excluding steroid dienone is 3. The maximum atomic E-state index is 15.0. The minimum Gasteiger partial charge on any atom is -0.500 e. The van der Waals surface area contributed by atoms with Gasteiger partial charge in [-0.2, -0.15) is 13.2 Å². The molecule has 1 heterocycles. The summed E-state index contributed by atoms with van der Waals surface area (Å²) >= 11 is 0. The predicted molar refractivity (Wildman–Crippen MR) is 148 cm³/mol. The van der Waals surface area contributed by atoms with Crippen LogP contribution in [0, 0.1) is 18.2 Å². The fraction of sp³-hybridized carbons (Fsp3) is 0.406. The van der Waals surface area contributed by atoms with Crippen LogP contribution < -0.4 is 0 Å². The first-order chi connectivity index (χ1) is 19.0. The molecule has 1 aliphatic rings. The minimum absolute atomic E-state index is 0.0593. The molecule has 0 saturated heterocycles. The molecule has 0 atom stereocenters. The average molecular weight is 555 g/mol. The summed E-state index contributed by atoms with van der Waals surface area (Å²) in [6.45, 7) is 7.96. The van der Waals surface area contributed by atoms with Gasteiger partial charge in [0.25, 0.3) is 0 Å². The first-order valence-electron chi connectivity index (χ1n) is 13.5. The van der Waals surface area contributed by atoms with E-state index < -0.39 is 17.4 Å². The van der Waals surface area contributed by atoms with E-state index in [0.29, 0.717) is 11.3 Å². The highest BCUT2D eigenvalue weighted by Crippen LogP contribution is 2.62. The first kappa shape index (κ1) is 29.4. The Morgan fingerprint density at radius 3 is 2.50 bits per heavy atom. The first-order valence-corrected chi connectivity index (χ1v) is 13.5. The number of methoxy groups -OCH3 is 1. The van der Waals surface area contributed by atoms with E-state index in [0.717, 1.165) is 35.9 Å². The molecule has 0 N–H and O–H groups in total. The molecular formula is C32H34F4N2O2. The topological polar surface area (TPSA) is 52.1 Å². The second-order valence-corrected chi connectivity index (χ2v) is 10.6. The van der Waals surface area contributed by atoms with Crippen molar-refractivity contribution in [3.05, 3.63) is 83.0 Å². The molecule has 0 spiro atoms. The Bertz CT molecular complexity index is 1460. The Morgan fingerprint density at radius 2 is 1.88 bits per heavy atom. The minimum atomic E-state index is -4.44. The van der Waals surface area contributed by atoms with Gasteiger partial charge in [-0.15, -0.1) is 0 Å². The summed E-state index contributed by atoms with van der Waals surface area (Å²) in [6, 6.07) is 8.61. The molecule has 4 nitrogen and oxygen atoms in total. The molecule has 40 heavy (non-hydrogen) atoms. The van der Waals surface area contributed by atoms with Crippen molar-refractivity contribution < 1.29 is 27.1 Å². The number of alkyl halides is 3. The van der Waals surface area contributed by atoms with Gasteiger partial charge in [0.15, 0.2) is 0 Å². The van der Waals surface area contributed by atoms with Crippen molar-refractivity contribution >= 4 is 16.8 Å². The van der Waals surface area contributed by atoms with Crippen LogP contribution >= 0.6 is 0 Å². The van der Waals surface area contributed by atoms with Gasteiger partial charge >= 0.3 is 6.18 Å². The number of unbranched alkanes of at least 4 members (excludes halogenated alkanes) is 2. The molecule has 8 heteroatoms. The smallest absolute Gasteiger partial charge is 0.401 e. The summed E-state index contributed by atoms with van der Waals surface area (Å²) in [5, 5.41) is 0. The van der Waals surface area contributed by atoms with E-state index in [2.05, 4.69) is 36.5 Å². The van der Waals surface area contributed by atoms with Crippen LogP contribution in [-0.4, -0.2) is 29.0 Å². The fourth-order valence-corrected chi connectivity index (χ4v) is 4.98. The number of carbonyl (C=O) groups is 1. The molecule has 0 unspecified atom stereocenters. The monoisotopic (exact) mass is 554 g/mol. The summed E-state index contributed by atoms with van der Waals surface area (Å²) in [4.78, 5) is 21.8. The van der Waals surface area contributed by atoms with Crippen LogP contribution in [0.4, 0.5) is 17.6 Å². The molecular weight excluding hydrogens is 520 g/mol. The molecule has 3 aromatic rings. The van der Waals surface area contributed by atoms with Gasteiger partial charge in [0.05, 0.1) is 30.0 Å². The standard InChI is InChI=1S/C32H34F4N2O2/c1-5-6-7-8-22-18-27-28(15-21(22)3)38-29(19-37-27)24-10-9-23(26(33)17-24)16-25(39)13-20(2)14-30(40-4)31(11-12-31)32(34,35)36/h9-10,14-15,17-19H,2,5-8,11-13,16H2,1,3-4H3/b30-14-. The number of ketones is 1. The zero-order valence-corrected chi connectivity index (χ0v) is 23.1. The number of nitrogens with zero attached hydrogens (tertiary/aromatic N) is 2. The number of aryl methyl sites for hydroxylation is 2. The number of aromatic nitrogens is 2. The maximum absolute atomic E-state index is 15.0. The molecule has 4 rings (SSSR count). The second-order valence-electron chi connectivity index (χ2n) is 10.6. The number of benzene rings is 2. The van der Waals surface area contributed by atoms with E-state index in [-0.39, 0.29) is 48.4 Å². The summed E-state index contributed by atoms with van der Waals surface area (Å²) in [5.74, 6) is -1.17. The molecule has 0 aliphatic heterocycles. The van der Waals surface area contributed by atoms with Crippen molar-refractivity contribution in [2.45, 2.75) is 71.4 Å². The van der Waals surface area contributed by atoms with Gasteiger partial charge in [0, 0.05) is 18.4 Å². The molecule has 1 aliphatic carbocycles. The van der Waals surface area contributed by atoms with Crippen LogP contribution in [0.2, 0.25) is 0 Å². The lowest BCUT2D eigenvalue weighted by atomic mass is 9.98. The summed E-state index contributed by atoms with van der Waals surface area (Å²) in [6.07, 6.45) is 2.28. The fourth-order valence-electron chi connectivity index (χ4n) is 4.98. The Balaban J connectivity index is 1.44. The number of ether oxygens (including phenoxy) is 1. The lowest BCUT2D eigenvalue weighted by Crippen LogP contribution is -2.27. The van der Waals surface area contributed by atoms with E-state index in [1.54, 1.807) is 12.3 Å². The van der Waals surface area contributed by atoms with Gasteiger partial charge < -0.3 is 4.74 Å². The number of carbonyl (C=O) groups excluding carboxylic acids is 1. The second kappa shape index (κ2) is 11.9. The highest BCUT2D eigenvalue weighted by atomic mass is 19.4. The van der Waals surface area contributed by atoms with E-state index in [4.69, 9.17) is 4.74 Å². The summed E-state index contributed by atoms with van der Waals surface area (Å²) in [7, 11) is 1.18. The van der Waals surface area contributed by atoms with Crippen molar-refractivity contribution in [2.75, 3.05) is 7.11 Å². The van der Waals surface area contributed by atoms with E-state index in [9.17, 15) is 22.4 Å². The predicted octanol–water partition coefficient (Wildman–Crippen LogP) is 8.41. The van der Waals surface area contributed by atoms with Gasteiger partial charge in [0.1, 0.15) is 22.8 Å². The van der Waals surface area contributed by atoms with Gasteiger partial charge in [-0.05, 0) is 79.1 Å². The molecule has 0 radical (unpaired) electrons. The Kier molecular flexibility index (Phi) is 8.76. The van der Waals surface area contributed by atoms with Crippen LogP contribution in [0.1, 0.15) is 62.1 Å².